The highest BCUT2D eigenvalue weighted by Crippen LogP contribution is 2.23. The minimum Gasteiger partial charge on any atom is -0.305 e. The molecule has 0 saturated heterocycles. The first-order chi connectivity index (χ1) is 11.0. The van der Waals surface area contributed by atoms with Crippen molar-refractivity contribution in [2.75, 3.05) is 5.32 Å². The van der Waals surface area contributed by atoms with E-state index in [1.54, 1.807) is 24.3 Å². The van der Waals surface area contributed by atoms with E-state index >= 15 is 0 Å². The maximum atomic E-state index is 13.2. The molecule has 3 aromatic rings. The number of hydrogen-bond donors (Lipinski definition) is 2. The van der Waals surface area contributed by atoms with Gasteiger partial charge < -0.3 is 5.32 Å². The summed E-state index contributed by atoms with van der Waals surface area (Å²) in [7, 11) is 0. The zero-order chi connectivity index (χ0) is 16.4. The molecule has 4 nitrogen and oxygen atoms in total. The molecule has 0 saturated carbocycles. The van der Waals surface area contributed by atoms with Crippen molar-refractivity contribution in [3.05, 3.63) is 70.0 Å². The van der Waals surface area contributed by atoms with E-state index in [4.69, 9.17) is 23.2 Å². The maximum Gasteiger partial charge on any atom is 0.258 e. The Kier molecular flexibility index (Phi) is 4.32. The van der Waals surface area contributed by atoms with Crippen LogP contribution in [0.1, 0.15) is 10.4 Å². The van der Waals surface area contributed by atoms with Crippen LogP contribution in [0.3, 0.4) is 0 Å². The van der Waals surface area contributed by atoms with Crippen molar-refractivity contribution >= 4 is 34.9 Å². The Hall–Kier alpha value is -2.37. The van der Waals surface area contributed by atoms with Gasteiger partial charge in [-0.1, -0.05) is 35.3 Å². The Labute approximate surface area is 141 Å². The van der Waals surface area contributed by atoms with E-state index in [0.29, 0.717) is 22.1 Å². The Morgan fingerprint density at radius 3 is 2.70 bits per heavy atom. The number of nitrogens with zero attached hydrogens (tertiary/aromatic N) is 1. The lowest BCUT2D eigenvalue weighted by Gasteiger charge is -2.04. The smallest absolute Gasteiger partial charge is 0.258 e. The second kappa shape index (κ2) is 6.40. The van der Waals surface area contributed by atoms with Crippen molar-refractivity contribution in [2.45, 2.75) is 0 Å². The second-order valence-corrected chi connectivity index (χ2v) is 5.60. The summed E-state index contributed by atoms with van der Waals surface area (Å²) in [6, 6.07) is 12.2. The molecule has 7 heteroatoms. The van der Waals surface area contributed by atoms with E-state index in [0.717, 1.165) is 0 Å². The molecule has 0 aliphatic rings. The van der Waals surface area contributed by atoms with E-state index in [1.165, 1.54) is 24.3 Å². The molecule has 0 spiro atoms. The predicted octanol–water partition coefficient (Wildman–Crippen LogP) is 4.77. The van der Waals surface area contributed by atoms with Crippen molar-refractivity contribution in [1.82, 2.24) is 10.2 Å². The molecule has 23 heavy (non-hydrogen) atoms. The molecule has 3 rings (SSSR count). The molecule has 116 valence electrons. The van der Waals surface area contributed by atoms with E-state index < -0.39 is 5.91 Å². The molecule has 2 aromatic carbocycles. The van der Waals surface area contributed by atoms with Crippen molar-refractivity contribution in [1.29, 1.82) is 0 Å². The fourth-order valence-electron chi connectivity index (χ4n) is 2.05. The maximum absolute atomic E-state index is 13.2. The highest BCUT2D eigenvalue weighted by molar-refractivity contribution is 6.37. The van der Waals surface area contributed by atoms with Gasteiger partial charge in [-0.2, -0.15) is 5.10 Å². The van der Waals surface area contributed by atoms with Crippen LogP contribution in [0.15, 0.2) is 48.5 Å². The predicted molar refractivity (Wildman–Crippen MR) is 88.4 cm³/mol. The first-order valence-corrected chi connectivity index (χ1v) is 7.36. The van der Waals surface area contributed by atoms with Crippen LogP contribution in [0.2, 0.25) is 10.0 Å². The Morgan fingerprint density at radius 1 is 1.13 bits per heavy atom. The molecular formula is C16H10Cl2FN3O. The third kappa shape index (κ3) is 3.52. The first-order valence-electron chi connectivity index (χ1n) is 6.61. The van der Waals surface area contributed by atoms with Gasteiger partial charge in [-0.3, -0.25) is 9.89 Å². The Bertz CT molecular complexity index is 879. The molecule has 0 atom stereocenters. The second-order valence-electron chi connectivity index (χ2n) is 4.76. The lowest BCUT2D eigenvalue weighted by molar-refractivity contribution is 0.102. The summed E-state index contributed by atoms with van der Waals surface area (Å²) < 4.78 is 13.2. The SMILES string of the molecule is O=C(Nc1cc(-c2cccc(F)c2)[nH]n1)c1ccc(Cl)cc1Cl. The quantitative estimate of drug-likeness (QED) is 0.715. The lowest BCUT2D eigenvalue weighted by atomic mass is 10.1. The summed E-state index contributed by atoms with van der Waals surface area (Å²) in [6.07, 6.45) is 0. The molecule has 2 N–H and O–H groups in total. The van der Waals surface area contributed by atoms with Crippen LogP contribution in [0.5, 0.6) is 0 Å². The van der Waals surface area contributed by atoms with Crippen molar-refractivity contribution in [3.8, 4) is 11.3 Å². The fraction of sp³-hybridized carbons (Fsp3) is 0. The number of aromatic nitrogens is 2. The summed E-state index contributed by atoms with van der Waals surface area (Å²) in [4.78, 5) is 12.2. The normalized spacial score (nSPS) is 10.6. The molecule has 1 amide bonds. The van der Waals surface area contributed by atoms with Crippen molar-refractivity contribution in [3.63, 3.8) is 0 Å². The van der Waals surface area contributed by atoms with Crippen molar-refractivity contribution in [2.24, 2.45) is 0 Å². The van der Waals surface area contributed by atoms with Crippen LogP contribution >= 0.6 is 23.2 Å². The molecular weight excluding hydrogens is 340 g/mol. The van der Waals surface area contributed by atoms with E-state index in [2.05, 4.69) is 15.5 Å². The highest BCUT2D eigenvalue weighted by Gasteiger charge is 2.13. The number of amides is 1. The van der Waals surface area contributed by atoms with Gasteiger partial charge in [0.2, 0.25) is 0 Å². The molecule has 0 aliphatic heterocycles. The van der Waals surface area contributed by atoms with Gasteiger partial charge in [-0.05, 0) is 30.3 Å². The monoisotopic (exact) mass is 349 g/mol. The summed E-state index contributed by atoms with van der Waals surface area (Å²) in [5, 5.41) is 10.0. The zero-order valence-corrected chi connectivity index (χ0v) is 13.1. The molecule has 0 fully saturated rings. The standard InChI is InChI=1S/C16H10Cl2FN3O/c17-10-4-5-12(13(18)7-10)16(23)20-15-8-14(21-22-15)9-2-1-3-11(19)6-9/h1-8H,(H2,20,21,22,23). The number of anilines is 1. The van der Waals surface area contributed by atoms with Gasteiger partial charge in [-0.15, -0.1) is 0 Å². The van der Waals surface area contributed by atoms with Crippen LogP contribution < -0.4 is 5.32 Å². The van der Waals surface area contributed by atoms with Crippen LogP contribution in [-0.4, -0.2) is 16.1 Å². The minimum atomic E-state index is -0.413. The highest BCUT2D eigenvalue weighted by atomic mass is 35.5. The topological polar surface area (TPSA) is 57.8 Å². The van der Waals surface area contributed by atoms with Crippen LogP contribution in [-0.2, 0) is 0 Å². The number of rotatable bonds is 3. The van der Waals surface area contributed by atoms with Crippen LogP contribution in [0, 0.1) is 5.82 Å². The molecule has 0 unspecified atom stereocenters. The molecule has 0 radical (unpaired) electrons. The number of carbonyl (C=O) groups is 1. The molecule has 0 aliphatic carbocycles. The van der Waals surface area contributed by atoms with Gasteiger partial charge in [-0.25, -0.2) is 4.39 Å². The molecule has 0 bridgehead atoms. The third-order valence-corrected chi connectivity index (χ3v) is 3.68. The number of nitrogens with one attached hydrogen (secondary N) is 2. The lowest BCUT2D eigenvalue weighted by Crippen LogP contribution is -2.12. The summed E-state index contributed by atoms with van der Waals surface area (Å²) in [5.41, 5.74) is 1.50. The van der Waals surface area contributed by atoms with E-state index in [1.807, 2.05) is 0 Å². The van der Waals surface area contributed by atoms with Gasteiger partial charge in [0.1, 0.15) is 5.82 Å². The fourth-order valence-corrected chi connectivity index (χ4v) is 2.54. The number of benzene rings is 2. The number of H-pyrrole nitrogens is 1. The van der Waals surface area contributed by atoms with Crippen molar-refractivity contribution < 1.29 is 9.18 Å². The number of aromatic amines is 1. The third-order valence-electron chi connectivity index (χ3n) is 3.13. The average molecular weight is 350 g/mol. The summed E-state index contributed by atoms with van der Waals surface area (Å²) >= 11 is 11.8. The molecule has 1 aromatic heterocycles. The Balaban J connectivity index is 1.80. The van der Waals surface area contributed by atoms with Crippen LogP contribution in [0.25, 0.3) is 11.3 Å². The van der Waals surface area contributed by atoms with Gasteiger partial charge in [0.25, 0.3) is 5.91 Å². The minimum absolute atomic E-state index is 0.246. The number of carbonyl (C=O) groups excluding carboxylic acids is 1. The summed E-state index contributed by atoms with van der Waals surface area (Å²) in [5.74, 6) is -0.458. The number of hydrogen-bond acceptors (Lipinski definition) is 2. The van der Waals surface area contributed by atoms with Gasteiger partial charge >= 0.3 is 0 Å². The van der Waals surface area contributed by atoms with Gasteiger partial charge in [0, 0.05) is 16.7 Å². The van der Waals surface area contributed by atoms with Crippen LogP contribution in [0.4, 0.5) is 10.2 Å². The average Bonchev–Trinajstić information content (AvgIpc) is 2.95. The molecule has 1 heterocycles. The largest absolute Gasteiger partial charge is 0.305 e. The van der Waals surface area contributed by atoms with E-state index in [9.17, 15) is 9.18 Å². The van der Waals surface area contributed by atoms with Gasteiger partial charge in [0.15, 0.2) is 5.82 Å². The first kappa shape index (κ1) is 15.5. The Morgan fingerprint density at radius 2 is 1.96 bits per heavy atom. The van der Waals surface area contributed by atoms with E-state index in [-0.39, 0.29) is 16.4 Å². The van der Waals surface area contributed by atoms with Gasteiger partial charge in [0.05, 0.1) is 16.3 Å². The summed E-state index contributed by atoms with van der Waals surface area (Å²) in [6.45, 7) is 0. The zero-order valence-electron chi connectivity index (χ0n) is 11.6. The number of halogens is 3.